The lowest BCUT2D eigenvalue weighted by Gasteiger charge is -2.39. The number of aryl methyl sites for hydroxylation is 1. The number of ether oxygens (including phenoxy) is 1. The molecule has 0 atom stereocenters. The second-order valence-electron chi connectivity index (χ2n) is 6.50. The molecule has 1 aromatic carbocycles. The number of carbonyl (C=O) groups is 2. The number of benzene rings is 1. The molecule has 26 heavy (non-hydrogen) atoms. The van der Waals surface area contributed by atoms with Crippen LogP contribution in [-0.2, 0) is 16.1 Å². The molecule has 7 heteroatoms. The third kappa shape index (κ3) is 4.22. The van der Waals surface area contributed by atoms with Crippen molar-refractivity contribution in [3.8, 4) is 5.75 Å². The molecule has 3 rings (SSSR count). The summed E-state index contributed by atoms with van der Waals surface area (Å²) >= 11 is 0. The first-order valence-electron chi connectivity index (χ1n) is 8.80. The minimum absolute atomic E-state index is 0.0591. The van der Waals surface area contributed by atoms with Gasteiger partial charge in [0, 0.05) is 51.3 Å². The minimum atomic E-state index is -1.27. The fourth-order valence-corrected chi connectivity index (χ4v) is 3.18. The summed E-state index contributed by atoms with van der Waals surface area (Å²) in [4.78, 5) is 29.9. The summed E-state index contributed by atoms with van der Waals surface area (Å²) in [5, 5.41) is 9.68. The normalized spacial score (nSPS) is 16.2. The van der Waals surface area contributed by atoms with Crippen LogP contribution in [0.25, 0.3) is 0 Å². The van der Waals surface area contributed by atoms with E-state index in [4.69, 9.17) is 4.74 Å². The number of para-hydroxylation sites is 1. The van der Waals surface area contributed by atoms with E-state index >= 15 is 0 Å². The second kappa shape index (κ2) is 8.03. The van der Waals surface area contributed by atoms with Crippen LogP contribution in [0.15, 0.2) is 49.1 Å². The fraction of sp³-hybridized carbons (Fsp3) is 0.421. The lowest BCUT2D eigenvalue weighted by atomic mass is 9.90. The van der Waals surface area contributed by atoms with Gasteiger partial charge in [0.15, 0.2) is 0 Å². The van der Waals surface area contributed by atoms with Crippen LogP contribution in [0.5, 0.6) is 5.75 Å². The van der Waals surface area contributed by atoms with Crippen molar-refractivity contribution in [1.82, 2.24) is 14.5 Å². The molecular weight excluding hydrogens is 334 g/mol. The highest BCUT2D eigenvalue weighted by Crippen LogP contribution is 2.29. The van der Waals surface area contributed by atoms with E-state index < -0.39 is 11.6 Å². The maximum atomic E-state index is 12.4. The number of likely N-dealkylation sites (tertiary alicyclic amines) is 1. The largest absolute Gasteiger partial charge is 0.478 e. The summed E-state index contributed by atoms with van der Waals surface area (Å²) in [6.45, 7) is 1.53. The Bertz CT molecular complexity index is 723. The molecule has 1 aromatic heterocycles. The van der Waals surface area contributed by atoms with Gasteiger partial charge in [-0.1, -0.05) is 18.2 Å². The van der Waals surface area contributed by atoms with Gasteiger partial charge in [-0.05, 0) is 18.6 Å². The van der Waals surface area contributed by atoms with Crippen molar-refractivity contribution in [2.75, 3.05) is 13.1 Å². The van der Waals surface area contributed by atoms with Gasteiger partial charge in [-0.3, -0.25) is 4.79 Å². The van der Waals surface area contributed by atoms with Gasteiger partial charge in [-0.15, -0.1) is 0 Å². The molecule has 1 aliphatic rings. The van der Waals surface area contributed by atoms with E-state index in [-0.39, 0.29) is 18.7 Å². The number of amides is 1. The zero-order valence-corrected chi connectivity index (χ0v) is 14.6. The Morgan fingerprint density at radius 3 is 2.54 bits per heavy atom. The number of piperidine rings is 1. The Morgan fingerprint density at radius 2 is 1.92 bits per heavy atom. The van der Waals surface area contributed by atoms with Crippen molar-refractivity contribution in [2.24, 2.45) is 0 Å². The van der Waals surface area contributed by atoms with Crippen LogP contribution in [0.2, 0.25) is 0 Å². The first-order chi connectivity index (χ1) is 12.6. The number of nitrogens with zero attached hydrogens (tertiary/aromatic N) is 3. The minimum Gasteiger partial charge on any atom is -0.478 e. The maximum Gasteiger partial charge on any atom is 0.348 e. The topological polar surface area (TPSA) is 84.7 Å². The number of carboxylic acids is 1. The average Bonchev–Trinajstić information content (AvgIpc) is 3.16. The molecule has 1 fully saturated rings. The molecule has 138 valence electrons. The molecule has 2 heterocycles. The molecule has 0 saturated carbocycles. The van der Waals surface area contributed by atoms with Crippen LogP contribution < -0.4 is 4.74 Å². The van der Waals surface area contributed by atoms with Crippen LogP contribution in [0.4, 0.5) is 0 Å². The molecular formula is C19H23N3O4. The quantitative estimate of drug-likeness (QED) is 0.821. The highest BCUT2D eigenvalue weighted by Gasteiger charge is 2.44. The smallest absolute Gasteiger partial charge is 0.348 e. The molecule has 7 nitrogen and oxygen atoms in total. The number of aliphatic carboxylic acids is 1. The monoisotopic (exact) mass is 357 g/mol. The third-order valence-corrected chi connectivity index (χ3v) is 4.74. The maximum absolute atomic E-state index is 12.4. The lowest BCUT2D eigenvalue weighted by molar-refractivity contribution is -0.161. The Balaban J connectivity index is 1.52. The highest BCUT2D eigenvalue weighted by atomic mass is 16.5. The van der Waals surface area contributed by atoms with Crippen molar-refractivity contribution < 1.29 is 19.4 Å². The number of aromatic nitrogens is 2. The van der Waals surface area contributed by atoms with Crippen molar-refractivity contribution >= 4 is 11.9 Å². The predicted octanol–water partition coefficient (Wildman–Crippen LogP) is 2.19. The van der Waals surface area contributed by atoms with E-state index in [2.05, 4.69) is 4.98 Å². The van der Waals surface area contributed by atoms with Crippen LogP contribution in [-0.4, -0.2) is 50.1 Å². The Morgan fingerprint density at radius 1 is 1.19 bits per heavy atom. The Hall–Kier alpha value is -2.83. The van der Waals surface area contributed by atoms with Gasteiger partial charge < -0.3 is 19.3 Å². The van der Waals surface area contributed by atoms with Crippen LogP contribution in [0.3, 0.4) is 0 Å². The number of imidazole rings is 1. The molecule has 1 amide bonds. The van der Waals surface area contributed by atoms with Crippen molar-refractivity contribution in [3.63, 3.8) is 0 Å². The van der Waals surface area contributed by atoms with E-state index in [1.807, 2.05) is 29.0 Å². The molecule has 0 unspecified atom stereocenters. The van der Waals surface area contributed by atoms with E-state index in [9.17, 15) is 14.7 Å². The number of hydrogen-bond donors (Lipinski definition) is 1. The Kier molecular flexibility index (Phi) is 5.55. The fourth-order valence-electron chi connectivity index (χ4n) is 3.18. The lowest BCUT2D eigenvalue weighted by Crippen LogP contribution is -2.54. The Labute approximate surface area is 152 Å². The number of carbonyl (C=O) groups excluding carboxylic acids is 1. The van der Waals surface area contributed by atoms with E-state index in [0.29, 0.717) is 25.3 Å². The van der Waals surface area contributed by atoms with Gasteiger partial charge in [0.1, 0.15) is 5.75 Å². The summed E-state index contributed by atoms with van der Waals surface area (Å²) in [5.74, 6) is -0.382. The average molecular weight is 357 g/mol. The van der Waals surface area contributed by atoms with Crippen molar-refractivity contribution in [1.29, 1.82) is 0 Å². The molecule has 2 aromatic rings. The van der Waals surface area contributed by atoms with Gasteiger partial charge in [-0.25, -0.2) is 9.78 Å². The summed E-state index contributed by atoms with van der Waals surface area (Å²) in [5.41, 5.74) is -1.27. The van der Waals surface area contributed by atoms with Crippen LogP contribution in [0, 0.1) is 0 Å². The molecule has 1 saturated heterocycles. The van der Waals surface area contributed by atoms with Crippen LogP contribution >= 0.6 is 0 Å². The molecule has 0 radical (unpaired) electrons. The zero-order chi connectivity index (χ0) is 18.4. The summed E-state index contributed by atoms with van der Waals surface area (Å²) in [6.07, 6.45) is 7.05. The first-order valence-corrected chi connectivity index (χ1v) is 8.80. The molecule has 0 bridgehead atoms. The molecule has 0 aliphatic carbocycles. The molecule has 0 spiro atoms. The summed E-state index contributed by atoms with van der Waals surface area (Å²) < 4.78 is 7.75. The number of carboxylic acid groups (broad SMARTS) is 1. The predicted molar refractivity (Wildman–Crippen MR) is 94.7 cm³/mol. The van der Waals surface area contributed by atoms with Crippen molar-refractivity contribution in [2.45, 2.75) is 37.8 Å². The van der Waals surface area contributed by atoms with Gasteiger partial charge in [0.25, 0.3) is 0 Å². The van der Waals surface area contributed by atoms with Crippen LogP contribution in [0.1, 0.15) is 25.7 Å². The summed E-state index contributed by atoms with van der Waals surface area (Å²) in [6, 6.07) is 8.97. The molecule has 1 N–H and O–H groups in total. The van der Waals surface area contributed by atoms with Gasteiger partial charge in [0.05, 0.1) is 6.33 Å². The van der Waals surface area contributed by atoms with E-state index in [1.165, 1.54) is 0 Å². The zero-order valence-electron chi connectivity index (χ0n) is 14.6. The standard InChI is InChI=1S/C19H23N3O4/c23-17(7-4-11-21-14-10-20-15-21)22-12-8-19(9-13-22,18(24)25)26-16-5-2-1-3-6-16/h1-3,5-6,10,14-15H,4,7-9,11-13H2,(H,24,25). The second-order valence-corrected chi connectivity index (χ2v) is 6.50. The summed E-state index contributed by atoms with van der Waals surface area (Å²) in [7, 11) is 0. The molecule has 1 aliphatic heterocycles. The highest BCUT2D eigenvalue weighted by molar-refractivity contribution is 5.80. The van der Waals surface area contributed by atoms with Gasteiger partial charge in [-0.2, -0.15) is 0 Å². The van der Waals surface area contributed by atoms with Crippen molar-refractivity contribution in [3.05, 3.63) is 49.1 Å². The third-order valence-electron chi connectivity index (χ3n) is 4.74. The SMILES string of the molecule is O=C(CCCn1ccnc1)N1CCC(Oc2ccccc2)(C(=O)O)CC1. The number of hydrogen-bond acceptors (Lipinski definition) is 4. The van der Waals surface area contributed by atoms with Gasteiger partial charge in [0.2, 0.25) is 11.5 Å². The van der Waals surface area contributed by atoms with Gasteiger partial charge >= 0.3 is 5.97 Å². The first kappa shape index (κ1) is 18.0. The van der Waals surface area contributed by atoms with E-state index in [0.717, 1.165) is 13.0 Å². The number of rotatable bonds is 7. The van der Waals surface area contributed by atoms with E-state index in [1.54, 1.807) is 29.6 Å².